The lowest BCUT2D eigenvalue weighted by molar-refractivity contribution is -0.118. The van der Waals surface area contributed by atoms with E-state index in [1.807, 2.05) is 24.1 Å². The maximum Gasteiger partial charge on any atom is 0.240 e. The number of aliphatic hydroxyl groups is 1. The highest BCUT2D eigenvalue weighted by Crippen LogP contribution is 2.20. The van der Waals surface area contributed by atoms with Gasteiger partial charge >= 0.3 is 0 Å². The van der Waals surface area contributed by atoms with Crippen molar-refractivity contribution in [2.75, 3.05) is 25.0 Å². The van der Waals surface area contributed by atoms with Crippen LogP contribution in [0.3, 0.4) is 0 Å². The van der Waals surface area contributed by atoms with Gasteiger partial charge in [0.25, 0.3) is 0 Å². The van der Waals surface area contributed by atoms with Crippen molar-refractivity contribution in [2.45, 2.75) is 32.3 Å². The summed E-state index contributed by atoms with van der Waals surface area (Å²) in [5.41, 5.74) is 0.243. The van der Waals surface area contributed by atoms with Crippen molar-refractivity contribution < 1.29 is 9.90 Å². The van der Waals surface area contributed by atoms with Gasteiger partial charge in [0.1, 0.15) is 0 Å². The molecule has 0 bridgehead atoms. The van der Waals surface area contributed by atoms with Crippen molar-refractivity contribution >= 4 is 22.4 Å². The Hall–Kier alpha value is -0.980. The lowest BCUT2D eigenvalue weighted by Gasteiger charge is -2.36. The molecule has 1 saturated heterocycles. The SMILES string of the molecule is Cc1csc(NC(=O)CN2CCCC(C)(O)C2)n1. The van der Waals surface area contributed by atoms with Gasteiger partial charge in [0.2, 0.25) is 5.91 Å². The molecule has 100 valence electrons. The topological polar surface area (TPSA) is 65.5 Å². The number of carbonyl (C=O) groups excluding carboxylic acids is 1. The Balaban J connectivity index is 1.84. The van der Waals surface area contributed by atoms with E-state index in [0.717, 1.165) is 25.1 Å². The molecular formula is C12H19N3O2S. The van der Waals surface area contributed by atoms with Gasteiger partial charge in [-0.2, -0.15) is 0 Å². The second-order valence-corrected chi connectivity index (χ2v) is 6.01. The summed E-state index contributed by atoms with van der Waals surface area (Å²) >= 11 is 1.43. The third-order valence-corrected chi connectivity index (χ3v) is 3.86. The molecule has 2 rings (SSSR count). The molecule has 0 radical (unpaired) electrons. The first-order valence-electron chi connectivity index (χ1n) is 6.11. The van der Waals surface area contributed by atoms with E-state index in [0.29, 0.717) is 18.2 Å². The van der Waals surface area contributed by atoms with Crippen LogP contribution >= 0.6 is 11.3 Å². The van der Waals surface area contributed by atoms with Crippen molar-refractivity contribution in [3.63, 3.8) is 0 Å². The Labute approximate surface area is 111 Å². The molecule has 5 nitrogen and oxygen atoms in total. The van der Waals surface area contributed by atoms with Crippen LogP contribution in [0.25, 0.3) is 0 Å². The van der Waals surface area contributed by atoms with Crippen molar-refractivity contribution in [2.24, 2.45) is 0 Å². The Morgan fingerprint density at radius 2 is 2.50 bits per heavy atom. The summed E-state index contributed by atoms with van der Waals surface area (Å²) in [5, 5.41) is 15.3. The molecule has 1 aliphatic rings. The summed E-state index contributed by atoms with van der Waals surface area (Å²) < 4.78 is 0. The highest BCUT2D eigenvalue weighted by molar-refractivity contribution is 7.13. The number of amides is 1. The van der Waals surface area contributed by atoms with Crippen molar-refractivity contribution in [1.82, 2.24) is 9.88 Å². The number of nitrogens with zero attached hydrogens (tertiary/aromatic N) is 2. The molecule has 2 heterocycles. The zero-order valence-corrected chi connectivity index (χ0v) is 11.6. The van der Waals surface area contributed by atoms with E-state index >= 15 is 0 Å². The summed E-state index contributed by atoms with van der Waals surface area (Å²) in [6.07, 6.45) is 1.73. The number of hydrogen-bond acceptors (Lipinski definition) is 5. The zero-order chi connectivity index (χ0) is 13.2. The van der Waals surface area contributed by atoms with Crippen LogP contribution in [0.15, 0.2) is 5.38 Å². The van der Waals surface area contributed by atoms with Crippen LogP contribution in [0.4, 0.5) is 5.13 Å². The summed E-state index contributed by atoms with van der Waals surface area (Å²) in [5.74, 6) is -0.0675. The first-order chi connectivity index (χ1) is 8.44. The van der Waals surface area contributed by atoms with Gasteiger partial charge in [-0.15, -0.1) is 11.3 Å². The van der Waals surface area contributed by atoms with Crippen LogP contribution in [-0.2, 0) is 4.79 Å². The van der Waals surface area contributed by atoms with E-state index in [-0.39, 0.29) is 5.91 Å². The molecule has 1 aromatic rings. The predicted octanol–water partition coefficient (Wildman–Crippen LogP) is 1.24. The monoisotopic (exact) mass is 269 g/mol. The summed E-state index contributed by atoms with van der Waals surface area (Å²) in [6.45, 7) is 5.45. The molecule has 2 N–H and O–H groups in total. The van der Waals surface area contributed by atoms with E-state index in [2.05, 4.69) is 10.3 Å². The summed E-state index contributed by atoms with van der Waals surface area (Å²) in [6, 6.07) is 0. The molecule has 1 fully saturated rings. The minimum absolute atomic E-state index is 0.0675. The summed E-state index contributed by atoms with van der Waals surface area (Å²) in [7, 11) is 0. The fraction of sp³-hybridized carbons (Fsp3) is 0.667. The largest absolute Gasteiger partial charge is 0.389 e. The third-order valence-electron chi connectivity index (χ3n) is 2.99. The van der Waals surface area contributed by atoms with Crippen LogP contribution in [0.2, 0.25) is 0 Å². The third kappa shape index (κ3) is 3.76. The fourth-order valence-corrected chi connectivity index (χ4v) is 2.94. The minimum atomic E-state index is -0.670. The Morgan fingerprint density at radius 1 is 1.72 bits per heavy atom. The summed E-state index contributed by atoms with van der Waals surface area (Å²) in [4.78, 5) is 18.0. The van der Waals surface area contributed by atoms with Crippen LogP contribution < -0.4 is 5.32 Å². The highest BCUT2D eigenvalue weighted by Gasteiger charge is 2.29. The minimum Gasteiger partial charge on any atom is -0.389 e. The average Bonchev–Trinajstić information content (AvgIpc) is 2.62. The number of aromatic nitrogens is 1. The van der Waals surface area contributed by atoms with Gasteiger partial charge in [-0.05, 0) is 33.2 Å². The second-order valence-electron chi connectivity index (χ2n) is 5.15. The van der Waals surface area contributed by atoms with Gasteiger partial charge in [-0.25, -0.2) is 4.98 Å². The number of anilines is 1. The van der Waals surface area contributed by atoms with Gasteiger partial charge < -0.3 is 10.4 Å². The number of hydrogen-bond donors (Lipinski definition) is 2. The van der Waals surface area contributed by atoms with Crippen LogP contribution in [-0.4, -0.2) is 46.1 Å². The van der Waals surface area contributed by atoms with E-state index in [4.69, 9.17) is 0 Å². The number of piperidine rings is 1. The fourth-order valence-electron chi connectivity index (χ4n) is 2.23. The number of thiazole rings is 1. The van der Waals surface area contributed by atoms with Crippen molar-refractivity contribution in [3.05, 3.63) is 11.1 Å². The quantitative estimate of drug-likeness (QED) is 0.866. The Kier molecular flexibility index (Phi) is 3.99. The maximum atomic E-state index is 11.8. The lowest BCUT2D eigenvalue weighted by atomic mass is 9.95. The van der Waals surface area contributed by atoms with E-state index in [1.165, 1.54) is 11.3 Å². The molecule has 0 saturated carbocycles. The van der Waals surface area contributed by atoms with Crippen LogP contribution in [0.5, 0.6) is 0 Å². The number of rotatable bonds is 3. The highest BCUT2D eigenvalue weighted by atomic mass is 32.1. The van der Waals surface area contributed by atoms with Crippen molar-refractivity contribution in [1.29, 1.82) is 0 Å². The van der Waals surface area contributed by atoms with E-state index < -0.39 is 5.60 Å². The Bertz CT molecular complexity index is 431. The van der Waals surface area contributed by atoms with Gasteiger partial charge in [-0.1, -0.05) is 0 Å². The van der Waals surface area contributed by atoms with E-state index in [9.17, 15) is 9.90 Å². The zero-order valence-electron chi connectivity index (χ0n) is 10.8. The lowest BCUT2D eigenvalue weighted by Crippen LogP contribution is -2.48. The number of likely N-dealkylation sites (tertiary alicyclic amines) is 1. The molecule has 0 aromatic carbocycles. The van der Waals surface area contributed by atoms with Gasteiger partial charge in [-0.3, -0.25) is 9.69 Å². The van der Waals surface area contributed by atoms with Crippen LogP contribution in [0.1, 0.15) is 25.5 Å². The van der Waals surface area contributed by atoms with Gasteiger partial charge in [0.05, 0.1) is 17.8 Å². The first-order valence-corrected chi connectivity index (χ1v) is 6.99. The first kappa shape index (κ1) is 13.5. The predicted molar refractivity (Wildman–Crippen MR) is 71.8 cm³/mol. The maximum absolute atomic E-state index is 11.8. The van der Waals surface area contributed by atoms with E-state index in [1.54, 1.807) is 0 Å². The molecule has 6 heteroatoms. The van der Waals surface area contributed by atoms with Gasteiger partial charge in [0.15, 0.2) is 5.13 Å². The van der Waals surface area contributed by atoms with Gasteiger partial charge in [0, 0.05) is 11.9 Å². The molecule has 1 atom stereocenters. The molecule has 1 aromatic heterocycles. The van der Waals surface area contributed by atoms with Crippen molar-refractivity contribution in [3.8, 4) is 0 Å². The average molecular weight is 269 g/mol. The second kappa shape index (κ2) is 5.34. The molecule has 18 heavy (non-hydrogen) atoms. The standard InChI is InChI=1S/C12H19N3O2S/c1-9-7-18-11(13-9)14-10(16)6-15-5-3-4-12(2,17)8-15/h7,17H,3-6,8H2,1-2H3,(H,13,14,16). The molecule has 1 aliphatic heterocycles. The molecule has 1 unspecified atom stereocenters. The Morgan fingerprint density at radius 3 is 3.11 bits per heavy atom. The molecule has 0 aliphatic carbocycles. The smallest absolute Gasteiger partial charge is 0.240 e. The number of β-amino-alcohol motifs (C(OH)–C–C–N with tert-alkyl or cyclic N) is 1. The number of nitrogens with one attached hydrogen (secondary N) is 1. The van der Waals surface area contributed by atoms with Crippen LogP contribution in [0, 0.1) is 6.92 Å². The molecular weight excluding hydrogens is 250 g/mol. The molecule has 1 amide bonds. The normalized spacial score (nSPS) is 25.1. The molecule has 0 spiro atoms. The number of carbonyl (C=O) groups is 1. The number of aryl methyl sites for hydroxylation is 1.